The van der Waals surface area contributed by atoms with Crippen LogP contribution in [0.4, 0.5) is 4.79 Å². The summed E-state index contributed by atoms with van der Waals surface area (Å²) in [6.07, 6.45) is 2.84. The van der Waals surface area contributed by atoms with Gasteiger partial charge in [-0.15, -0.1) is 0 Å². The summed E-state index contributed by atoms with van der Waals surface area (Å²) in [4.78, 5) is 27.4. The van der Waals surface area contributed by atoms with Crippen molar-refractivity contribution in [2.24, 2.45) is 5.92 Å². The van der Waals surface area contributed by atoms with Crippen LogP contribution in [0, 0.1) is 5.92 Å². The van der Waals surface area contributed by atoms with E-state index in [4.69, 9.17) is 0 Å². The van der Waals surface area contributed by atoms with Crippen LogP contribution in [0.3, 0.4) is 0 Å². The summed E-state index contributed by atoms with van der Waals surface area (Å²) in [5, 5.41) is 31.3. The summed E-state index contributed by atoms with van der Waals surface area (Å²) in [5.74, 6) is -0.704. The summed E-state index contributed by atoms with van der Waals surface area (Å²) in [5.41, 5.74) is 0.271. The molecule has 2 aromatic rings. The van der Waals surface area contributed by atoms with E-state index in [1.807, 2.05) is 6.92 Å². The number of phenols is 1. The van der Waals surface area contributed by atoms with E-state index in [0.29, 0.717) is 36.0 Å². The molecule has 4 rings (SSSR count). The first-order valence-corrected chi connectivity index (χ1v) is 10.4. The topological polar surface area (TPSA) is 103 Å². The summed E-state index contributed by atoms with van der Waals surface area (Å²) < 4.78 is 1.17. The number of piperidine rings is 1. The van der Waals surface area contributed by atoms with E-state index in [1.165, 1.54) is 10.6 Å². The predicted molar refractivity (Wildman–Crippen MR) is 109 cm³/mol. The number of aliphatic carboxylic acids is 1. The number of nitrogens with zero attached hydrogens (tertiary/aromatic N) is 2. The fourth-order valence-corrected chi connectivity index (χ4v) is 5.64. The van der Waals surface area contributed by atoms with E-state index in [2.05, 4.69) is 11.8 Å². The minimum Gasteiger partial charge on any atom is -0.508 e. The SMILES string of the molecule is CCCC[C@@H]1CN2CCc3c(n(C(=O)O)c4ccc(O)cc34)C(C(=O)O)(C1)C2C. The molecule has 0 saturated carbocycles. The van der Waals surface area contributed by atoms with E-state index in [-0.39, 0.29) is 17.7 Å². The van der Waals surface area contributed by atoms with Crippen LogP contribution >= 0.6 is 0 Å². The van der Waals surface area contributed by atoms with Crippen LogP contribution in [0.15, 0.2) is 18.2 Å². The third-order valence-electron chi connectivity index (χ3n) is 7.03. The largest absolute Gasteiger partial charge is 0.508 e. The fourth-order valence-electron chi connectivity index (χ4n) is 5.64. The van der Waals surface area contributed by atoms with Crippen LogP contribution < -0.4 is 0 Å². The zero-order chi connectivity index (χ0) is 20.9. The maximum Gasteiger partial charge on any atom is 0.416 e. The third kappa shape index (κ3) is 2.82. The lowest BCUT2D eigenvalue weighted by Gasteiger charge is -2.48. The van der Waals surface area contributed by atoms with Gasteiger partial charge in [-0.3, -0.25) is 9.69 Å². The van der Waals surface area contributed by atoms with Gasteiger partial charge in [0.05, 0.1) is 11.2 Å². The van der Waals surface area contributed by atoms with E-state index in [0.717, 1.165) is 31.4 Å². The van der Waals surface area contributed by atoms with Crippen LogP contribution in [0.25, 0.3) is 10.9 Å². The number of hydrogen-bond acceptors (Lipinski definition) is 4. The highest BCUT2D eigenvalue weighted by Gasteiger charge is 2.56. The van der Waals surface area contributed by atoms with E-state index < -0.39 is 17.5 Å². The molecule has 3 heterocycles. The van der Waals surface area contributed by atoms with Crippen molar-refractivity contribution in [2.75, 3.05) is 13.1 Å². The summed E-state index contributed by atoms with van der Waals surface area (Å²) in [7, 11) is 0. The second-order valence-electron chi connectivity index (χ2n) is 8.56. The number of hydrogen-bond donors (Lipinski definition) is 3. The molecule has 0 spiro atoms. The van der Waals surface area contributed by atoms with Gasteiger partial charge < -0.3 is 15.3 Å². The maximum atomic E-state index is 12.9. The van der Waals surface area contributed by atoms with E-state index in [1.54, 1.807) is 12.1 Å². The molecule has 4 atom stereocenters. The monoisotopic (exact) mass is 400 g/mol. The highest BCUT2D eigenvalue weighted by atomic mass is 16.4. The average molecular weight is 400 g/mol. The standard InChI is InChI=1S/C22H28N2O5/c1-3-4-5-14-11-22(20(26)27)13(2)23(12-14)9-8-16-17-10-15(25)6-7-18(17)24(19(16)22)21(28)29/h6-7,10,13-14,25H,3-5,8-9,11-12H2,1-2H3,(H,26,27)(H,28,29)/t13?,14-,22?/m0/s1. The van der Waals surface area contributed by atoms with Crippen LogP contribution in [-0.2, 0) is 16.6 Å². The Hall–Kier alpha value is -2.54. The second-order valence-corrected chi connectivity index (χ2v) is 8.56. The van der Waals surface area contributed by atoms with Crippen molar-refractivity contribution in [3.8, 4) is 5.75 Å². The van der Waals surface area contributed by atoms with Crippen molar-refractivity contribution in [3.63, 3.8) is 0 Å². The van der Waals surface area contributed by atoms with Crippen LogP contribution in [0.2, 0.25) is 0 Å². The molecule has 3 unspecified atom stereocenters. The Morgan fingerprint density at radius 2 is 2.03 bits per heavy atom. The minimum atomic E-state index is -1.30. The Kier molecular flexibility index (Phi) is 4.81. The average Bonchev–Trinajstić information content (AvgIpc) is 2.97. The van der Waals surface area contributed by atoms with Gasteiger partial charge in [-0.05, 0) is 55.9 Å². The molecule has 1 aromatic carbocycles. The van der Waals surface area contributed by atoms with Gasteiger partial charge in [0.1, 0.15) is 11.2 Å². The number of phenolic OH excluding ortho intramolecular Hbond substituents is 1. The van der Waals surface area contributed by atoms with Crippen LogP contribution in [0.5, 0.6) is 5.75 Å². The molecular weight excluding hydrogens is 372 g/mol. The van der Waals surface area contributed by atoms with Gasteiger partial charge in [0, 0.05) is 24.5 Å². The van der Waals surface area contributed by atoms with Gasteiger partial charge in [0.15, 0.2) is 0 Å². The minimum absolute atomic E-state index is 0.0496. The van der Waals surface area contributed by atoms with Gasteiger partial charge in [0.25, 0.3) is 0 Å². The van der Waals surface area contributed by atoms with Crippen molar-refractivity contribution in [1.82, 2.24) is 9.47 Å². The third-order valence-corrected chi connectivity index (χ3v) is 7.03. The lowest BCUT2D eigenvalue weighted by atomic mass is 9.66. The molecule has 3 N–H and O–H groups in total. The zero-order valence-corrected chi connectivity index (χ0v) is 16.9. The first-order valence-electron chi connectivity index (χ1n) is 10.4. The maximum absolute atomic E-state index is 12.9. The van der Waals surface area contributed by atoms with Crippen molar-refractivity contribution in [1.29, 1.82) is 0 Å². The summed E-state index contributed by atoms with van der Waals surface area (Å²) in [6, 6.07) is 4.28. The fraction of sp³-hybridized carbons (Fsp3) is 0.545. The number of fused-ring (bicyclic) bond motifs is 6. The lowest BCUT2D eigenvalue weighted by Crippen LogP contribution is -2.60. The molecule has 0 radical (unpaired) electrons. The van der Waals surface area contributed by atoms with Gasteiger partial charge in [-0.2, -0.15) is 0 Å². The smallest absolute Gasteiger partial charge is 0.416 e. The van der Waals surface area contributed by atoms with Gasteiger partial charge >= 0.3 is 12.1 Å². The molecule has 0 aliphatic carbocycles. The summed E-state index contributed by atoms with van der Waals surface area (Å²) >= 11 is 0. The van der Waals surface area contributed by atoms with Crippen LogP contribution in [-0.4, -0.2) is 56.0 Å². The van der Waals surface area contributed by atoms with Gasteiger partial charge in [-0.1, -0.05) is 19.8 Å². The molecule has 1 saturated heterocycles. The number of aromatic hydroxyl groups is 1. The van der Waals surface area contributed by atoms with E-state index >= 15 is 0 Å². The molecule has 156 valence electrons. The van der Waals surface area contributed by atoms with Crippen LogP contribution in [0.1, 0.15) is 50.8 Å². The molecule has 1 aromatic heterocycles. The molecule has 1 fully saturated rings. The normalized spacial score (nSPS) is 28.7. The molecule has 7 nitrogen and oxygen atoms in total. The Balaban J connectivity index is 2.03. The van der Waals surface area contributed by atoms with Crippen molar-refractivity contribution >= 4 is 23.0 Å². The first kappa shape index (κ1) is 19.8. The number of aromatic nitrogens is 1. The Morgan fingerprint density at radius 1 is 1.28 bits per heavy atom. The highest BCUT2D eigenvalue weighted by Crippen LogP contribution is 2.49. The Bertz CT molecular complexity index is 981. The number of carboxylic acid groups (broad SMARTS) is 2. The molecule has 7 heteroatoms. The number of carboxylic acids is 1. The summed E-state index contributed by atoms with van der Waals surface area (Å²) in [6.45, 7) is 5.57. The number of unbranched alkanes of at least 4 members (excludes halogenated alkanes) is 1. The molecule has 29 heavy (non-hydrogen) atoms. The van der Waals surface area contributed by atoms with Crippen molar-refractivity contribution < 1.29 is 24.9 Å². The van der Waals surface area contributed by atoms with Crippen molar-refractivity contribution in [3.05, 3.63) is 29.5 Å². The lowest BCUT2D eigenvalue weighted by molar-refractivity contribution is -0.150. The molecular formula is C22H28N2O5. The predicted octanol–water partition coefficient (Wildman–Crippen LogP) is 3.65. The number of carbonyl (C=O) groups is 2. The Labute approximate surface area is 169 Å². The molecule has 0 amide bonds. The van der Waals surface area contributed by atoms with E-state index in [9.17, 15) is 24.9 Å². The van der Waals surface area contributed by atoms with Crippen molar-refractivity contribution in [2.45, 2.75) is 57.4 Å². The number of rotatable bonds is 4. The first-order chi connectivity index (χ1) is 13.8. The molecule has 2 aliphatic heterocycles. The second kappa shape index (κ2) is 7.06. The number of benzene rings is 1. The molecule has 2 aliphatic rings. The molecule has 2 bridgehead atoms. The quantitative estimate of drug-likeness (QED) is 0.724. The van der Waals surface area contributed by atoms with Gasteiger partial charge in [-0.25, -0.2) is 9.36 Å². The Morgan fingerprint density at radius 3 is 2.69 bits per heavy atom. The zero-order valence-electron chi connectivity index (χ0n) is 16.9. The highest BCUT2D eigenvalue weighted by molar-refractivity contribution is 5.97. The van der Waals surface area contributed by atoms with Gasteiger partial charge in [0.2, 0.25) is 0 Å².